The van der Waals surface area contributed by atoms with Gasteiger partial charge in [0.1, 0.15) is 0 Å². The van der Waals surface area contributed by atoms with E-state index in [9.17, 15) is 14.0 Å². The van der Waals surface area contributed by atoms with Gasteiger partial charge in [0.15, 0.2) is 0 Å². The zero-order chi connectivity index (χ0) is 16.2. The standard InChI is InChI=1S/C9H22O10P2/c10-4-1-7-16-20(13,14)19-21(15,17-8-2-5-11)18-9-3-6-12/h10-12H,1-9H2,(H,13,14). The van der Waals surface area contributed by atoms with Gasteiger partial charge in [0.2, 0.25) is 0 Å². The molecule has 0 saturated carbocycles. The molecule has 12 heteroatoms. The Hall–Kier alpha value is 0.140. The number of rotatable bonds is 14. The number of aliphatic hydroxyl groups excluding tert-OH is 3. The summed E-state index contributed by atoms with van der Waals surface area (Å²) in [5.74, 6) is 0. The Bertz CT molecular complexity index is 335. The normalized spacial score (nSPS) is 15.0. The van der Waals surface area contributed by atoms with E-state index >= 15 is 0 Å². The largest absolute Gasteiger partial charge is 0.483 e. The molecule has 10 nitrogen and oxygen atoms in total. The molecule has 0 saturated heterocycles. The molecule has 1 unspecified atom stereocenters. The van der Waals surface area contributed by atoms with Crippen molar-refractivity contribution in [3.8, 4) is 0 Å². The number of phosphoric ester groups is 2. The summed E-state index contributed by atoms with van der Waals surface area (Å²) in [6.07, 6.45) is 0.338. The van der Waals surface area contributed by atoms with Gasteiger partial charge in [-0.2, -0.15) is 4.31 Å². The van der Waals surface area contributed by atoms with Crippen LogP contribution in [0.5, 0.6) is 0 Å². The molecule has 21 heavy (non-hydrogen) atoms. The summed E-state index contributed by atoms with van der Waals surface area (Å²) >= 11 is 0. The molecule has 0 aliphatic rings. The first-order chi connectivity index (χ1) is 9.89. The predicted octanol–water partition coefficient (Wildman–Crippen LogP) is 0.408. The number of hydrogen-bond acceptors (Lipinski definition) is 9. The van der Waals surface area contributed by atoms with E-state index in [4.69, 9.17) is 24.4 Å². The van der Waals surface area contributed by atoms with E-state index in [0.29, 0.717) is 0 Å². The van der Waals surface area contributed by atoms with Crippen molar-refractivity contribution in [2.45, 2.75) is 19.3 Å². The molecule has 0 aromatic heterocycles. The molecule has 0 amide bonds. The summed E-state index contributed by atoms with van der Waals surface area (Å²) < 4.78 is 42.1. The van der Waals surface area contributed by atoms with Gasteiger partial charge in [-0.1, -0.05) is 0 Å². The summed E-state index contributed by atoms with van der Waals surface area (Å²) in [6.45, 7) is -1.44. The number of phosphoric acid groups is 2. The van der Waals surface area contributed by atoms with E-state index in [1.54, 1.807) is 0 Å². The van der Waals surface area contributed by atoms with E-state index in [-0.39, 0.29) is 58.9 Å². The van der Waals surface area contributed by atoms with Crippen molar-refractivity contribution >= 4 is 15.6 Å². The van der Waals surface area contributed by atoms with Crippen LogP contribution < -0.4 is 0 Å². The fourth-order valence-corrected chi connectivity index (χ4v) is 3.68. The van der Waals surface area contributed by atoms with Gasteiger partial charge in [-0.15, -0.1) is 0 Å². The van der Waals surface area contributed by atoms with Gasteiger partial charge in [-0.3, -0.25) is 13.6 Å². The highest BCUT2D eigenvalue weighted by molar-refractivity contribution is 7.61. The fraction of sp³-hybridized carbons (Fsp3) is 1.00. The molecule has 0 fully saturated rings. The van der Waals surface area contributed by atoms with Crippen molar-refractivity contribution < 1.29 is 47.2 Å². The van der Waals surface area contributed by atoms with Crippen LogP contribution >= 0.6 is 15.6 Å². The number of aliphatic hydroxyl groups is 3. The van der Waals surface area contributed by atoms with Crippen LogP contribution in [0.1, 0.15) is 19.3 Å². The van der Waals surface area contributed by atoms with Gasteiger partial charge in [-0.25, -0.2) is 9.13 Å². The lowest BCUT2D eigenvalue weighted by atomic mass is 10.5. The Morgan fingerprint density at radius 1 is 0.714 bits per heavy atom. The van der Waals surface area contributed by atoms with Gasteiger partial charge >= 0.3 is 15.6 Å². The van der Waals surface area contributed by atoms with Crippen LogP contribution in [0.3, 0.4) is 0 Å². The second-order valence-corrected chi connectivity index (χ2v) is 6.99. The van der Waals surface area contributed by atoms with Gasteiger partial charge in [0.25, 0.3) is 0 Å². The van der Waals surface area contributed by atoms with E-state index in [1.807, 2.05) is 0 Å². The quantitative estimate of drug-likeness (QED) is 0.255. The molecule has 0 radical (unpaired) electrons. The van der Waals surface area contributed by atoms with E-state index in [0.717, 1.165) is 0 Å². The van der Waals surface area contributed by atoms with Crippen LogP contribution in [0.2, 0.25) is 0 Å². The molecule has 1 atom stereocenters. The van der Waals surface area contributed by atoms with Crippen molar-refractivity contribution in [2.24, 2.45) is 0 Å². The van der Waals surface area contributed by atoms with Crippen LogP contribution in [0.15, 0.2) is 0 Å². The van der Waals surface area contributed by atoms with E-state index in [2.05, 4.69) is 8.83 Å². The Balaban J connectivity index is 4.54. The lowest BCUT2D eigenvalue weighted by Gasteiger charge is -2.20. The highest BCUT2D eigenvalue weighted by atomic mass is 31.3. The Labute approximate surface area is 122 Å². The molecular formula is C9H22O10P2. The minimum Gasteiger partial charge on any atom is -0.396 e. The predicted molar refractivity (Wildman–Crippen MR) is 71.5 cm³/mol. The van der Waals surface area contributed by atoms with Gasteiger partial charge in [0.05, 0.1) is 19.8 Å². The lowest BCUT2D eigenvalue weighted by Crippen LogP contribution is -2.05. The highest BCUT2D eigenvalue weighted by Gasteiger charge is 2.38. The van der Waals surface area contributed by atoms with Crippen LogP contribution in [0.4, 0.5) is 0 Å². The Morgan fingerprint density at radius 2 is 1.10 bits per heavy atom. The maximum Gasteiger partial charge on any atom is 0.483 e. The van der Waals surface area contributed by atoms with Crippen molar-refractivity contribution in [3.05, 3.63) is 0 Å². The molecule has 0 rings (SSSR count). The second-order valence-electron chi connectivity index (χ2n) is 3.73. The molecular weight excluding hydrogens is 330 g/mol. The lowest BCUT2D eigenvalue weighted by molar-refractivity contribution is 0.113. The first kappa shape index (κ1) is 21.1. The maximum absolute atomic E-state index is 12.1. The maximum atomic E-state index is 12.1. The zero-order valence-electron chi connectivity index (χ0n) is 11.5. The summed E-state index contributed by atoms with van der Waals surface area (Å²) in [7, 11) is -9.06. The molecule has 128 valence electrons. The monoisotopic (exact) mass is 352 g/mol. The summed E-state index contributed by atoms with van der Waals surface area (Å²) in [5.41, 5.74) is 0. The Kier molecular flexibility index (Phi) is 11.8. The third-order valence-corrected chi connectivity index (χ3v) is 5.00. The molecule has 0 aliphatic carbocycles. The topological polar surface area (TPSA) is 152 Å². The summed E-state index contributed by atoms with van der Waals surface area (Å²) in [5, 5.41) is 25.8. The van der Waals surface area contributed by atoms with Crippen molar-refractivity contribution in [2.75, 3.05) is 39.6 Å². The van der Waals surface area contributed by atoms with E-state index < -0.39 is 15.6 Å². The zero-order valence-corrected chi connectivity index (χ0v) is 13.3. The molecule has 0 aromatic carbocycles. The third kappa shape index (κ3) is 11.4. The fourth-order valence-electron chi connectivity index (χ4n) is 0.961. The van der Waals surface area contributed by atoms with Crippen LogP contribution in [-0.4, -0.2) is 59.9 Å². The smallest absolute Gasteiger partial charge is 0.396 e. The van der Waals surface area contributed by atoms with Gasteiger partial charge in [-0.05, 0) is 19.3 Å². The van der Waals surface area contributed by atoms with Gasteiger partial charge < -0.3 is 20.2 Å². The minimum absolute atomic E-state index is 0.0922. The molecule has 0 heterocycles. The second kappa shape index (κ2) is 11.7. The highest BCUT2D eigenvalue weighted by Crippen LogP contribution is 2.63. The van der Waals surface area contributed by atoms with E-state index in [1.165, 1.54) is 0 Å². The Morgan fingerprint density at radius 3 is 1.48 bits per heavy atom. The van der Waals surface area contributed by atoms with Crippen LogP contribution in [-0.2, 0) is 27.0 Å². The van der Waals surface area contributed by atoms with Gasteiger partial charge in [0, 0.05) is 19.8 Å². The van der Waals surface area contributed by atoms with Crippen molar-refractivity contribution in [1.29, 1.82) is 0 Å². The minimum atomic E-state index is -4.69. The summed E-state index contributed by atoms with van der Waals surface area (Å²) in [6, 6.07) is 0. The average Bonchev–Trinajstić information content (AvgIpc) is 2.39. The molecule has 0 aliphatic heterocycles. The molecule has 4 N–H and O–H groups in total. The summed E-state index contributed by atoms with van der Waals surface area (Å²) in [4.78, 5) is 9.39. The molecule has 0 spiro atoms. The molecule has 0 aromatic rings. The first-order valence-corrected chi connectivity index (χ1v) is 9.25. The average molecular weight is 352 g/mol. The first-order valence-electron chi connectivity index (χ1n) is 6.29. The van der Waals surface area contributed by atoms with Crippen molar-refractivity contribution in [3.63, 3.8) is 0 Å². The number of hydrogen-bond donors (Lipinski definition) is 4. The van der Waals surface area contributed by atoms with Crippen molar-refractivity contribution in [1.82, 2.24) is 0 Å². The van der Waals surface area contributed by atoms with Crippen LogP contribution in [0.25, 0.3) is 0 Å². The van der Waals surface area contributed by atoms with Crippen LogP contribution in [0, 0.1) is 0 Å². The molecule has 0 bridgehead atoms. The SMILES string of the molecule is O=P(O)(OCCCO)OP(=O)(OCCCO)OCCCO. The third-order valence-electron chi connectivity index (χ3n) is 1.86.